The number of hydrogen-bond acceptors (Lipinski definition) is 3. The molecule has 2 aromatic rings. The van der Waals surface area contributed by atoms with Gasteiger partial charge in [0.2, 0.25) is 0 Å². The summed E-state index contributed by atoms with van der Waals surface area (Å²) in [5.41, 5.74) is 2.00. The minimum Gasteiger partial charge on any atom is -0.354 e. The molecule has 2 heterocycles. The minimum atomic E-state index is -0.273. The molecule has 0 bridgehead atoms. The molecule has 3 rings (SSSR count). The molecule has 1 aromatic heterocycles. The highest BCUT2D eigenvalue weighted by Gasteiger charge is 2.22. The summed E-state index contributed by atoms with van der Waals surface area (Å²) in [5, 5.41) is 3.13. The Morgan fingerprint density at radius 3 is 2.61 bits per heavy atom. The van der Waals surface area contributed by atoms with Gasteiger partial charge in [-0.15, -0.1) is 0 Å². The van der Waals surface area contributed by atoms with Gasteiger partial charge in [-0.25, -0.2) is 9.37 Å². The van der Waals surface area contributed by atoms with Gasteiger partial charge in [-0.1, -0.05) is 6.92 Å². The third-order valence-corrected chi connectivity index (χ3v) is 4.06. The molecular formula is C18H20FN3O. The lowest BCUT2D eigenvalue weighted by molar-refractivity contribution is 0.0677. The second kappa shape index (κ2) is 6.77. The van der Waals surface area contributed by atoms with Gasteiger partial charge < -0.3 is 10.2 Å². The number of aromatic nitrogens is 1. The van der Waals surface area contributed by atoms with Gasteiger partial charge >= 0.3 is 0 Å². The molecule has 4 nitrogen and oxygen atoms in total. The number of rotatable bonds is 3. The van der Waals surface area contributed by atoms with Crippen LogP contribution >= 0.6 is 0 Å². The van der Waals surface area contributed by atoms with E-state index in [2.05, 4.69) is 17.2 Å². The number of carbonyl (C=O) groups is 1. The van der Waals surface area contributed by atoms with E-state index in [1.165, 1.54) is 18.6 Å². The zero-order chi connectivity index (χ0) is 16.2. The van der Waals surface area contributed by atoms with Crippen LogP contribution in [0.15, 0.2) is 42.6 Å². The predicted octanol–water partition coefficient (Wildman–Crippen LogP) is 3.84. The minimum absolute atomic E-state index is 0.00937. The SMILES string of the molecule is CC1CCCN(C(=O)c2ccc(Nc3ccc(F)cc3)cn2)C1. The van der Waals surface area contributed by atoms with Crippen LogP contribution in [-0.4, -0.2) is 28.9 Å². The standard InChI is InChI=1S/C18H20FN3O/c1-13-3-2-10-22(12-13)18(23)17-9-8-16(11-20-17)21-15-6-4-14(19)5-7-15/h4-9,11,13,21H,2-3,10,12H2,1H3. The summed E-state index contributed by atoms with van der Waals surface area (Å²) in [4.78, 5) is 18.6. The molecule has 1 amide bonds. The fraction of sp³-hybridized carbons (Fsp3) is 0.333. The highest BCUT2D eigenvalue weighted by atomic mass is 19.1. The van der Waals surface area contributed by atoms with Crippen molar-refractivity contribution in [3.8, 4) is 0 Å². The Morgan fingerprint density at radius 1 is 1.22 bits per heavy atom. The summed E-state index contributed by atoms with van der Waals surface area (Å²) in [5.74, 6) is 0.266. The third-order valence-electron chi connectivity index (χ3n) is 4.06. The van der Waals surface area contributed by atoms with Crippen LogP contribution in [0, 0.1) is 11.7 Å². The molecule has 1 N–H and O–H groups in total. The molecule has 0 saturated carbocycles. The Labute approximate surface area is 135 Å². The fourth-order valence-corrected chi connectivity index (χ4v) is 2.83. The maximum absolute atomic E-state index is 12.9. The van der Waals surface area contributed by atoms with E-state index in [9.17, 15) is 9.18 Å². The van der Waals surface area contributed by atoms with Crippen molar-refractivity contribution in [1.82, 2.24) is 9.88 Å². The second-order valence-electron chi connectivity index (χ2n) is 6.06. The molecule has 5 heteroatoms. The lowest BCUT2D eigenvalue weighted by Crippen LogP contribution is -2.39. The topological polar surface area (TPSA) is 45.2 Å². The molecule has 0 spiro atoms. The molecule has 0 aliphatic carbocycles. The monoisotopic (exact) mass is 313 g/mol. The normalized spacial score (nSPS) is 17.8. The summed E-state index contributed by atoms with van der Waals surface area (Å²) in [6, 6.07) is 9.65. The summed E-state index contributed by atoms with van der Waals surface area (Å²) < 4.78 is 12.9. The van der Waals surface area contributed by atoms with E-state index in [1.54, 1.807) is 24.4 Å². The number of nitrogens with zero attached hydrogens (tertiary/aromatic N) is 2. The van der Waals surface area contributed by atoms with Crippen molar-refractivity contribution in [3.05, 3.63) is 54.1 Å². The second-order valence-corrected chi connectivity index (χ2v) is 6.06. The van der Waals surface area contributed by atoms with Gasteiger partial charge in [0.1, 0.15) is 11.5 Å². The number of likely N-dealkylation sites (tertiary alicyclic amines) is 1. The third kappa shape index (κ3) is 3.86. The van der Waals surface area contributed by atoms with Crippen LogP contribution in [0.2, 0.25) is 0 Å². The number of halogens is 1. The number of amides is 1. The number of benzene rings is 1. The Morgan fingerprint density at radius 2 is 1.96 bits per heavy atom. The fourth-order valence-electron chi connectivity index (χ4n) is 2.83. The Kier molecular flexibility index (Phi) is 4.55. The van der Waals surface area contributed by atoms with Gasteiger partial charge in [0, 0.05) is 18.8 Å². The number of anilines is 2. The molecular weight excluding hydrogens is 293 g/mol. The van der Waals surface area contributed by atoms with Crippen molar-refractivity contribution in [2.75, 3.05) is 18.4 Å². The van der Waals surface area contributed by atoms with E-state index >= 15 is 0 Å². The van der Waals surface area contributed by atoms with Crippen LogP contribution < -0.4 is 5.32 Å². The summed E-state index contributed by atoms with van der Waals surface area (Å²) >= 11 is 0. The first-order valence-electron chi connectivity index (χ1n) is 7.90. The first kappa shape index (κ1) is 15.5. The number of carbonyl (C=O) groups excluding carboxylic acids is 1. The number of pyridine rings is 1. The van der Waals surface area contributed by atoms with Gasteiger partial charge in [0.25, 0.3) is 5.91 Å². The Balaban J connectivity index is 1.66. The van der Waals surface area contributed by atoms with Crippen LogP contribution in [0.1, 0.15) is 30.3 Å². The molecule has 1 unspecified atom stereocenters. The highest BCUT2D eigenvalue weighted by molar-refractivity contribution is 5.92. The van der Waals surface area contributed by atoms with E-state index in [4.69, 9.17) is 0 Å². The first-order valence-corrected chi connectivity index (χ1v) is 7.90. The van der Waals surface area contributed by atoms with Crippen LogP contribution in [0.25, 0.3) is 0 Å². The predicted molar refractivity (Wildman–Crippen MR) is 88.2 cm³/mol. The zero-order valence-corrected chi connectivity index (χ0v) is 13.1. The maximum atomic E-state index is 12.9. The van der Waals surface area contributed by atoms with E-state index in [0.717, 1.165) is 30.9 Å². The van der Waals surface area contributed by atoms with Gasteiger partial charge in [-0.3, -0.25) is 4.79 Å². The van der Waals surface area contributed by atoms with Gasteiger partial charge in [-0.2, -0.15) is 0 Å². The average molecular weight is 313 g/mol. The van der Waals surface area contributed by atoms with Crippen molar-refractivity contribution >= 4 is 17.3 Å². The van der Waals surface area contributed by atoms with E-state index < -0.39 is 0 Å². The average Bonchev–Trinajstić information content (AvgIpc) is 2.57. The maximum Gasteiger partial charge on any atom is 0.272 e. The first-order chi connectivity index (χ1) is 11.1. The van der Waals surface area contributed by atoms with Crippen molar-refractivity contribution in [1.29, 1.82) is 0 Å². The smallest absolute Gasteiger partial charge is 0.272 e. The Hall–Kier alpha value is -2.43. The largest absolute Gasteiger partial charge is 0.354 e. The van der Waals surface area contributed by atoms with E-state index in [-0.39, 0.29) is 11.7 Å². The molecule has 1 aromatic carbocycles. The lowest BCUT2D eigenvalue weighted by atomic mass is 10.00. The van der Waals surface area contributed by atoms with Crippen molar-refractivity contribution in [3.63, 3.8) is 0 Å². The van der Waals surface area contributed by atoms with Crippen molar-refractivity contribution in [2.24, 2.45) is 5.92 Å². The van der Waals surface area contributed by atoms with Crippen LogP contribution in [0.5, 0.6) is 0 Å². The van der Waals surface area contributed by atoms with Crippen LogP contribution in [0.3, 0.4) is 0 Å². The summed E-state index contributed by atoms with van der Waals surface area (Å²) in [6.45, 7) is 3.78. The molecule has 120 valence electrons. The quantitative estimate of drug-likeness (QED) is 0.936. The van der Waals surface area contributed by atoms with Crippen molar-refractivity contribution < 1.29 is 9.18 Å². The van der Waals surface area contributed by atoms with Crippen LogP contribution in [0.4, 0.5) is 15.8 Å². The molecule has 1 saturated heterocycles. The van der Waals surface area contributed by atoms with Crippen LogP contribution in [-0.2, 0) is 0 Å². The van der Waals surface area contributed by atoms with Gasteiger partial charge in [0.05, 0.1) is 11.9 Å². The van der Waals surface area contributed by atoms with E-state index in [0.29, 0.717) is 11.6 Å². The zero-order valence-electron chi connectivity index (χ0n) is 13.1. The van der Waals surface area contributed by atoms with E-state index in [1.807, 2.05) is 11.0 Å². The molecule has 23 heavy (non-hydrogen) atoms. The molecule has 1 aliphatic rings. The highest BCUT2D eigenvalue weighted by Crippen LogP contribution is 2.19. The van der Waals surface area contributed by atoms with Gasteiger partial charge in [0.15, 0.2) is 0 Å². The molecule has 0 radical (unpaired) electrons. The lowest BCUT2D eigenvalue weighted by Gasteiger charge is -2.30. The van der Waals surface area contributed by atoms with Crippen molar-refractivity contribution in [2.45, 2.75) is 19.8 Å². The molecule has 1 fully saturated rings. The molecule has 1 aliphatic heterocycles. The summed E-state index contributed by atoms with van der Waals surface area (Å²) in [7, 11) is 0. The number of piperidine rings is 1. The molecule has 1 atom stereocenters. The summed E-state index contributed by atoms with van der Waals surface area (Å²) in [6.07, 6.45) is 3.86. The number of nitrogens with one attached hydrogen (secondary N) is 1. The Bertz CT molecular complexity index is 670. The van der Waals surface area contributed by atoms with Gasteiger partial charge in [-0.05, 0) is 55.2 Å². The number of hydrogen-bond donors (Lipinski definition) is 1.